The molecular weight excluding hydrogens is 321 g/mol. The second kappa shape index (κ2) is 6.08. The maximum absolute atomic E-state index is 6.36. The van der Waals surface area contributed by atoms with Crippen molar-refractivity contribution in [1.82, 2.24) is 9.97 Å². The minimum atomic E-state index is -0.421. The highest BCUT2D eigenvalue weighted by molar-refractivity contribution is 6.31. The smallest absolute Gasteiger partial charge is 0.223 e. The van der Waals surface area contributed by atoms with Crippen LogP contribution in [0.15, 0.2) is 42.5 Å². The van der Waals surface area contributed by atoms with Crippen LogP contribution in [-0.4, -0.2) is 17.1 Å². The van der Waals surface area contributed by atoms with Gasteiger partial charge in [0.1, 0.15) is 5.75 Å². The van der Waals surface area contributed by atoms with E-state index in [0.29, 0.717) is 16.2 Å². The Kier molecular flexibility index (Phi) is 4.16. The Morgan fingerprint density at radius 2 is 1.77 bits per heavy atom. The normalized spacial score (nSPS) is 12.4. The molecule has 1 unspecified atom stereocenters. The van der Waals surface area contributed by atoms with Crippen molar-refractivity contribution < 1.29 is 4.74 Å². The summed E-state index contributed by atoms with van der Waals surface area (Å²) in [7, 11) is 1.62. The van der Waals surface area contributed by atoms with Gasteiger partial charge in [-0.05, 0) is 47.5 Å². The number of aromatic nitrogens is 2. The predicted octanol–water partition coefficient (Wildman–Crippen LogP) is 3.99. The van der Waals surface area contributed by atoms with E-state index >= 15 is 0 Å². The summed E-state index contributed by atoms with van der Waals surface area (Å²) in [4.78, 5) is 8.50. The highest BCUT2D eigenvalue weighted by Crippen LogP contribution is 2.28. The summed E-state index contributed by atoms with van der Waals surface area (Å²) in [6.45, 7) is 0. The topological polar surface area (TPSA) is 61.0 Å². The lowest BCUT2D eigenvalue weighted by atomic mass is 10.0. The Bertz CT molecular complexity index is 816. The third-order valence-corrected chi connectivity index (χ3v) is 3.83. The molecule has 1 heterocycles. The zero-order chi connectivity index (χ0) is 15.7. The van der Waals surface area contributed by atoms with Crippen molar-refractivity contribution >= 4 is 34.1 Å². The molecule has 22 heavy (non-hydrogen) atoms. The summed E-state index contributed by atoms with van der Waals surface area (Å²) >= 11 is 12.0. The molecule has 2 aromatic carbocycles. The lowest BCUT2D eigenvalue weighted by Gasteiger charge is -2.15. The molecule has 0 bridgehead atoms. The fraction of sp³-hybridized carbons (Fsp3) is 0.125. The number of ether oxygens (including phenoxy) is 1. The van der Waals surface area contributed by atoms with Crippen LogP contribution < -0.4 is 10.5 Å². The first-order chi connectivity index (χ1) is 10.6. The first-order valence-corrected chi connectivity index (χ1v) is 7.36. The molecule has 6 heteroatoms. The molecule has 1 aromatic heterocycles. The third-order valence-electron chi connectivity index (χ3n) is 3.43. The molecule has 0 spiro atoms. The van der Waals surface area contributed by atoms with Crippen LogP contribution in [0.5, 0.6) is 5.75 Å². The van der Waals surface area contributed by atoms with Gasteiger partial charge >= 0.3 is 0 Å². The number of halogens is 2. The summed E-state index contributed by atoms with van der Waals surface area (Å²) < 4.78 is 5.15. The van der Waals surface area contributed by atoms with Gasteiger partial charge in [-0.15, -0.1) is 0 Å². The van der Waals surface area contributed by atoms with Crippen molar-refractivity contribution in [3.63, 3.8) is 0 Å². The van der Waals surface area contributed by atoms with Gasteiger partial charge in [-0.1, -0.05) is 23.7 Å². The van der Waals surface area contributed by atoms with Gasteiger partial charge in [0.2, 0.25) is 5.28 Å². The van der Waals surface area contributed by atoms with Gasteiger partial charge in [0.15, 0.2) is 0 Å². The molecule has 0 amide bonds. The fourth-order valence-electron chi connectivity index (χ4n) is 2.30. The van der Waals surface area contributed by atoms with Crippen LogP contribution >= 0.6 is 23.2 Å². The number of hydrogen-bond donors (Lipinski definition) is 1. The van der Waals surface area contributed by atoms with E-state index in [9.17, 15) is 0 Å². The lowest BCUT2D eigenvalue weighted by molar-refractivity contribution is 0.414. The number of hydrogen-bond acceptors (Lipinski definition) is 4. The van der Waals surface area contributed by atoms with Gasteiger partial charge in [-0.3, -0.25) is 0 Å². The molecular formula is C16H13Cl2N3O. The van der Waals surface area contributed by atoms with E-state index in [-0.39, 0.29) is 5.28 Å². The molecule has 112 valence electrons. The Hall–Kier alpha value is -1.88. The van der Waals surface area contributed by atoms with Crippen molar-refractivity contribution in [2.75, 3.05) is 7.11 Å². The zero-order valence-corrected chi connectivity index (χ0v) is 13.3. The van der Waals surface area contributed by atoms with Crippen LogP contribution in [0.2, 0.25) is 10.3 Å². The number of nitrogens with zero attached hydrogens (tertiary/aromatic N) is 2. The van der Waals surface area contributed by atoms with Gasteiger partial charge in [-0.25, -0.2) is 9.97 Å². The van der Waals surface area contributed by atoms with Gasteiger partial charge < -0.3 is 10.5 Å². The van der Waals surface area contributed by atoms with E-state index in [4.69, 9.17) is 33.7 Å². The number of rotatable bonds is 3. The van der Waals surface area contributed by atoms with Crippen LogP contribution in [0.4, 0.5) is 0 Å². The van der Waals surface area contributed by atoms with Crippen molar-refractivity contribution in [2.24, 2.45) is 5.73 Å². The summed E-state index contributed by atoms with van der Waals surface area (Å²) in [6.07, 6.45) is 0. The summed E-state index contributed by atoms with van der Waals surface area (Å²) in [5.41, 5.74) is 8.60. The Labute approximate surface area is 137 Å². The van der Waals surface area contributed by atoms with Crippen molar-refractivity contribution in [1.29, 1.82) is 0 Å². The average molecular weight is 334 g/mol. The molecule has 0 radical (unpaired) electrons. The Balaban J connectivity index is 2.11. The number of nitrogens with two attached hydrogens (primary N) is 1. The lowest BCUT2D eigenvalue weighted by Crippen LogP contribution is -2.14. The monoisotopic (exact) mass is 333 g/mol. The fourth-order valence-corrected chi connectivity index (χ4v) is 2.65. The molecule has 1 atom stereocenters. The minimum Gasteiger partial charge on any atom is -0.497 e. The summed E-state index contributed by atoms with van der Waals surface area (Å²) in [5, 5.41) is 1.57. The van der Waals surface area contributed by atoms with Crippen LogP contribution in [-0.2, 0) is 0 Å². The van der Waals surface area contributed by atoms with Crippen molar-refractivity contribution in [3.05, 3.63) is 64.0 Å². The molecule has 4 nitrogen and oxygen atoms in total. The second-order valence-electron chi connectivity index (χ2n) is 4.79. The maximum Gasteiger partial charge on any atom is 0.223 e. The van der Waals surface area contributed by atoms with Crippen LogP contribution in [0, 0.1) is 0 Å². The zero-order valence-electron chi connectivity index (χ0n) is 11.8. The van der Waals surface area contributed by atoms with Crippen LogP contribution in [0.25, 0.3) is 10.9 Å². The minimum absolute atomic E-state index is 0.147. The molecule has 0 aliphatic heterocycles. The molecule has 0 aliphatic carbocycles. The maximum atomic E-state index is 6.36. The Morgan fingerprint density at radius 3 is 2.45 bits per heavy atom. The van der Waals surface area contributed by atoms with E-state index in [1.54, 1.807) is 19.2 Å². The predicted molar refractivity (Wildman–Crippen MR) is 88.6 cm³/mol. The summed E-state index contributed by atoms with van der Waals surface area (Å²) in [6, 6.07) is 12.5. The number of fused-ring (bicyclic) bond motifs is 1. The highest BCUT2D eigenvalue weighted by Gasteiger charge is 2.16. The average Bonchev–Trinajstić information content (AvgIpc) is 2.53. The van der Waals surface area contributed by atoms with Crippen LogP contribution in [0.3, 0.4) is 0 Å². The number of benzene rings is 2. The first kappa shape index (κ1) is 15.0. The molecule has 0 aliphatic rings. The van der Waals surface area contributed by atoms with Gasteiger partial charge in [0.25, 0.3) is 0 Å². The molecule has 0 saturated carbocycles. The van der Waals surface area contributed by atoms with Crippen LogP contribution in [0.1, 0.15) is 17.3 Å². The van der Waals surface area contributed by atoms with E-state index in [0.717, 1.165) is 16.7 Å². The van der Waals surface area contributed by atoms with E-state index < -0.39 is 6.04 Å². The van der Waals surface area contributed by atoms with Gasteiger partial charge in [0.05, 0.1) is 24.4 Å². The third kappa shape index (κ3) is 2.86. The van der Waals surface area contributed by atoms with E-state index in [1.165, 1.54) is 0 Å². The first-order valence-electron chi connectivity index (χ1n) is 6.60. The molecule has 0 saturated heterocycles. The quantitative estimate of drug-likeness (QED) is 0.736. The van der Waals surface area contributed by atoms with Gasteiger partial charge in [-0.2, -0.15) is 0 Å². The largest absolute Gasteiger partial charge is 0.497 e. The Morgan fingerprint density at radius 1 is 1.05 bits per heavy atom. The molecule has 3 aromatic rings. The van der Waals surface area contributed by atoms with Gasteiger partial charge in [0, 0.05) is 10.4 Å². The van der Waals surface area contributed by atoms with Crippen molar-refractivity contribution in [3.8, 4) is 5.75 Å². The molecule has 0 fully saturated rings. The van der Waals surface area contributed by atoms with E-state index in [1.807, 2.05) is 30.3 Å². The van der Waals surface area contributed by atoms with Crippen molar-refractivity contribution in [2.45, 2.75) is 6.04 Å². The molecule has 2 N–H and O–H groups in total. The highest BCUT2D eigenvalue weighted by atomic mass is 35.5. The standard InChI is InChI=1S/C16H13Cl2N3O/c1-22-11-5-2-9(3-6-11)14(19)15-12-7-4-10(17)8-13(12)20-16(18)21-15/h2-8,14H,19H2,1H3. The van der Waals surface area contributed by atoms with E-state index in [2.05, 4.69) is 9.97 Å². The number of methoxy groups -OCH3 is 1. The summed E-state index contributed by atoms with van der Waals surface area (Å²) in [5.74, 6) is 0.772. The SMILES string of the molecule is COc1ccc(C(N)c2nc(Cl)nc3cc(Cl)ccc23)cc1. The molecule has 3 rings (SSSR count). The second-order valence-corrected chi connectivity index (χ2v) is 5.56.